The molecular formula is C25H32N2O3. The first-order valence-electron chi connectivity index (χ1n) is 10.1. The third kappa shape index (κ3) is 5.56. The highest BCUT2D eigenvalue weighted by molar-refractivity contribution is 6.02. The van der Waals surface area contributed by atoms with E-state index in [2.05, 4.69) is 31.1 Å². The fourth-order valence-corrected chi connectivity index (χ4v) is 3.12. The Morgan fingerprint density at radius 3 is 2.20 bits per heavy atom. The molecule has 1 atom stereocenters. The van der Waals surface area contributed by atoms with Crippen molar-refractivity contribution in [3.8, 4) is 5.75 Å². The van der Waals surface area contributed by atoms with Crippen LogP contribution in [-0.4, -0.2) is 23.5 Å². The Kier molecular flexibility index (Phi) is 6.86. The molecule has 0 heterocycles. The SMILES string of the molecule is CC(C=Nc1ccccc1C=O)C(=O)Nc1cc(O)c(C(C)(C)C)cc1C(C)(C)C. The summed E-state index contributed by atoms with van der Waals surface area (Å²) in [5.41, 5.74) is 2.93. The van der Waals surface area contributed by atoms with E-state index >= 15 is 0 Å². The number of aldehydes is 1. The molecule has 0 saturated carbocycles. The van der Waals surface area contributed by atoms with Gasteiger partial charge in [0.15, 0.2) is 6.29 Å². The lowest BCUT2D eigenvalue weighted by Gasteiger charge is -2.28. The van der Waals surface area contributed by atoms with Gasteiger partial charge >= 0.3 is 0 Å². The van der Waals surface area contributed by atoms with Crippen LogP contribution in [0.3, 0.4) is 0 Å². The van der Waals surface area contributed by atoms with E-state index < -0.39 is 5.92 Å². The monoisotopic (exact) mass is 408 g/mol. The maximum Gasteiger partial charge on any atom is 0.232 e. The van der Waals surface area contributed by atoms with E-state index in [1.165, 1.54) is 6.21 Å². The Labute approximate surface area is 179 Å². The zero-order chi connectivity index (χ0) is 22.7. The summed E-state index contributed by atoms with van der Waals surface area (Å²) in [6.45, 7) is 14.1. The minimum atomic E-state index is -0.526. The summed E-state index contributed by atoms with van der Waals surface area (Å²) in [7, 11) is 0. The Morgan fingerprint density at radius 1 is 1.03 bits per heavy atom. The van der Waals surface area contributed by atoms with Crippen LogP contribution in [0, 0.1) is 5.92 Å². The molecule has 5 heteroatoms. The van der Waals surface area contributed by atoms with Gasteiger partial charge in [-0.25, -0.2) is 0 Å². The maximum absolute atomic E-state index is 12.8. The number of hydrogen-bond acceptors (Lipinski definition) is 4. The minimum Gasteiger partial charge on any atom is -0.508 e. The quantitative estimate of drug-likeness (QED) is 0.486. The maximum atomic E-state index is 12.8. The molecule has 2 aromatic carbocycles. The summed E-state index contributed by atoms with van der Waals surface area (Å²) < 4.78 is 0. The largest absolute Gasteiger partial charge is 0.508 e. The van der Waals surface area contributed by atoms with Crippen molar-refractivity contribution in [2.75, 3.05) is 5.32 Å². The summed E-state index contributed by atoms with van der Waals surface area (Å²) in [6.07, 6.45) is 2.27. The highest BCUT2D eigenvalue weighted by atomic mass is 16.3. The fraction of sp³-hybridized carbons (Fsp3) is 0.400. The smallest absolute Gasteiger partial charge is 0.232 e. The molecule has 0 aliphatic carbocycles. The number of amides is 1. The van der Waals surface area contributed by atoms with Crippen LogP contribution < -0.4 is 5.32 Å². The summed E-state index contributed by atoms with van der Waals surface area (Å²) in [5.74, 6) is -0.607. The van der Waals surface area contributed by atoms with Crippen molar-refractivity contribution in [2.24, 2.45) is 10.9 Å². The number of nitrogens with zero attached hydrogens (tertiary/aromatic N) is 1. The van der Waals surface area contributed by atoms with Gasteiger partial charge in [0.25, 0.3) is 0 Å². The summed E-state index contributed by atoms with van der Waals surface area (Å²) in [4.78, 5) is 28.2. The molecule has 2 rings (SSSR count). The lowest BCUT2D eigenvalue weighted by atomic mass is 9.79. The van der Waals surface area contributed by atoms with Crippen molar-refractivity contribution in [2.45, 2.75) is 59.3 Å². The van der Waals surface area contributed by atoms with Crippen LogP contribution >= 0.6 is 0 Å². The third-order valence-corrected chi connectivity index (χ3v) is 4.92. The molecule has 2 N–H and O–H groups in total. The number of nitrogens with one attached hydrogen (secondary N) is 1. The van der Waals surface area contributed by atoms with Gasteiger partial charge in [-0.1, -0.05) is 53.7 Å². The highest BCUT2D eigenvalue weighted by Crippen LogP contribution is 2.39. The van der Waals surface area contributed by atoms with Crippen molar-refractivity contribution in [1.82, 2.24) is 0 Å². The first-order valence-corrected chi connectivity index (χ1v) is 10.1. The number of hydrogen-bond donors (Lipinski definition) is 2. The van der Waals surface area contributed by atoms with Crippen LogP contribution in [0.25, 0.3) is 0 Å². The third-order valence-electron chi connectivity index (χ3n) is 4.92. The second kappa shape index (κ2) is 8.82. The Bertz CT molecular complexity index is 963. The number of phenols is 1. The minimum absolute atomic E-state index is 0.159. The number of phenolic OH excluding ortho intramolecular Hbond substituents is 1. The van der Waals surface area contributed by atoms with Crippen LogP contribution in [0.15, 0.2) is 41.4 Å². The molecule has 1 amide bonds. The number of benzene rings is 2. The molecule has 1 unspecified atom stereocenters. The van der Waals surface area contributed by atoms with Gasteiger partial charge < -0.3 is 10.4 Å². The number of rotatable bonds is 5. The average Bonchev–Trinajstić information content (AvgIpc) is 2.64. The molecule has 0 spiro atoms. The van der Waals surface area contributed by atoms with E-state index in [0.29, 0.717) is 16.9 Å². The van der Waals surface area contributed by atoms with Crippen LogP contribution in [0.5, 0.6) is 5.75 Å². The summed E-state index contributed by atoms with van der Waals surface area (Å²) in [5, 5.41) is 13.5. The van der Waals surface area contributed by atoms with E-state index in [0.717, 1.165) is 17.4 Å². The van der Waals surface area contributed by atoms with Gasteiger partial charge in [-0.05, 0) is 47.1 Å². The zero-order valence-electron chi connectivity index (χ0n) is 18.9. The van der Waals surface area contributed by atoms with E-state index in [-0.39, 0.29) is 22.5 Å². The fourth-order valence-electron chi connectivity index (χ4n) is 3.12. The van der Waals surface area contributed by atoms with Crippen LogP contribution in [0.2, 0.25) is 0 Å². The molecule has 0 aliphatic heterocycles. The van der Waals surface area contributed by atoms with Gasteiger partial charge in [-0.3, -0.25) is 14.6 Å². The van der Waals surface area contributed by atoms with Crippen molar-refractivity contribution in [3.63, 3.8) is 0 Å². The normalized spacial score (nSPS) is 13.3. The molecule has 0 fully saturated rings. The molecule has 5 nitrogen and oxygen atoms in total. The van der Waals surface area contributed by atoms with Crippen LogP contribution in [-0.2, 0) is 15.6 Å². The topological polar surface area (TPSA) is 78.8 Å². The number of anilines is 1. The van der Waals surface area contributed by atoms with E-state index in [9.17, 15) is 14.7 Å². The molecule has 0 bridgehead atoms. The number of carbonyl (C=O) groups is 2. The van der Waals surface area contributed by atoms with Crippen molar-refractivity contribution >= 4 is 29.8 Å². The van der Waals surface area contributed by atoms with Gasteiger partial charge in [-0.15, -0.1) is 0 Å². The lowest BCUT2D eigenvalue weighted by Crippen LogP contribution is -2.25. The molecule has 0 aliphatic rings. The number of aliphatic imine (C=N–C) groups is 1. The Morgan fingerprint density at radius 2 is 1.63 bits per heavy atom. The van der Waals surface area contributed by atoms with Gasteiger partial charge in [0.05, 0.1) is 11.6 Å². The van der Waals surface area contributed by atoms with Crippen LogP contribution in [0.1, 0.15) is 70.0 Å². The number of carbonyl (C=O) groups excluding carboxylic acids is 2. The van der Waals surface area contributed by atoms with Gasteiger partial charge in [0.1, 0.15) is 5.75 Å². The van der Waals surface area contributed by atoms with Gasteiger partial charge in [0.2, 0.25) is 5.91 Å². The molecule has 0 aromatic heterocycles. The van der Waals surface area contributed by atoms with Crippen LogP contribution in [0.4, 0.5) is 11.4 Å². The van der Waals surface area contributed by atoms with Crippen molar-refractivity contribution in [1.29, 1.82) is 0 Å². The van der Waals surface area contributed by atoms with Crippen molar-refractivity contribution < 1.29 is 14.7 Å². The zero-order valence-corrected chi connectivity index (χ0v) is 18.9. The van der Waals surface area contributed by atoms with Crippen molar-refractivity contribution in [3.05, 3.63) is 53.1 Å². The molecule has 160 valence electrons. The van der Waals surface area contributed by atoms with Gasteiger partial charge in [-0.2, -0.15) is 0 Å². The first kappa shape index (κ1) is 23.3. The summed E-state index contributed by atoms with van der Waals surface area (Å²) >= 11 is 0. The predicted octanol–water partition coefficient (Wildman–Crippen LogP) is 5.78. The van der Waals surface area contributed by atoms with E-state index in [4.69, 9.17) is 0 Å². The number of para-hydroxylation sites is 1. The lowest BCUT2D eigenvalue weighted by molar-refractivity contribution is -0.117. The predicted molar refractivity (Wildman–Crippen MR) is 123 cm³/mol. The Hall–Kier alpha value is -2.95. The molecule has 0 radical (unpaired) electrons. The first-order chi connectivity index (χ1) is 13.8. The van der Waals surface area contributed by atoms with Gasteiger partial charge in [0, 0.05) is 23.5 Å². The second-order valence-corrected chi connectivity index (χ2v) is 9.65. The standard InChI is InChI=1S/C25H32N2O3/c1-16(14-26-20-11-9-8-10-17(20)15-28)23(30)27-21-13-22(29)19(25(5,6)7)12-18(21)24(2,3)4/h8-16,29H,1-7H3,(H,27,30). The molecular weight excluding hydrogens is 376 g/mol. The second-order valence-electron chi connectivity index (χ2n) is 9.65. The summed E-state index contributed by atoms with van der Waals surface area (Å²) in [6, 6.07) is 10.6. The molecule has 30 heavy (non-hydrogen) atoms. The Balaban J connectivity index is 2.32. The van der Waals surface area contributed by atoms with E-state index in [1.807, 2.05) is 26.8 Å². The number of aromatic hydroxyl groups is 1. The highest BCUT2D eigenvalue weighted by Gasteiger charge is 2.26. The average molecular weight is 409 g/mol. The molecule has 2 aromatic rings. The molecule has 0 saturated heterocycles. The van der Waals surface area contributed by atoms with E-state index in [1.54, 1.807) is 37.3 Å².